The molecule has 1 atom stereocenters. The van der Waals surface area contributed by atoms with Gasteiger partial charge in [-0.15, -0.1) is 0 Å². The third kappa shape index (κ3) is 5.02. The van der Waals surface area contributed by atoms with E-state index in [1.54, 1.807) is 30.7 Å². The number of fused-ring (bicyclic) bond motifs is 1. The number of hydrogen-bond donors (Lipinski definition) is 1. The largest absolute Gasteiger partial charge is 0.507 e. The number of hydrogen-bond acceptors (Lipinski definition) is 7. The maximum absolute atomic E-state index is 13.3. The Balaban J connectivity index is 1.50. The number of Topliss-reactive ketones (excluding diaryl/α,β-unsaturated/α-hetero) is 1. The number of aromatic nitrogens is 2. The number of aliphatic hydroxyl groups excluding tert-OH is 1. The molecule has 0 unspecified atom stereocenters. The maximum atomic E-state index is 13.3. The zero-order chi connectivity index (χ0) is 25.8. The lowest BCUT2D eigenvalue weighted by molar-refractivity contribution is -0.139. The van der Waals surface area contributed by atoms with Crippen molar-refractivity contribution in [2.75, 3.05) is 26.4 Å². The zero-order valence-corrected chi connectivity index (χ0v) is 20.6. The second-order valence-electron chi connectivity index (χ2n) is 8.92. The highest BCUT2D eigenvalue weighted by Gasteiger charge is 2.45. The van der Waals surface area contributed by atoms with Gasteiger partial charge in [0.25, 0.3) is 11.7 Å². The molecule has 192 valence electrons. The molecule has 3 heterocycles. The van der Waals surface area contributed by atoms with Crippen molar-refractivity contribution in [2.24, 2.45) is 0 Å². The van der Waals surface area contributed by atoms with Crippen molar-refractivity contribution < 1.29 is 28.9 Å². The number of aryl methyl sites for hydroxylation is 1. The van der Waals surface area contributed by atoms with Crippen LogP contribution in [0.15, 0.2) is 66.8 Å². The van der Waals surface area contributed by atoms with Gasteiger partial charge in [0.1, 0.15) is 24.7 Å². The summed E-state index contributed by atoms with van der Waals surface area (Å²) < 4.78 is 18.8. The summed E-state index contributed by atoms with van der Waals surface area (Å²) in [6, 6.07) is 11.6. The third-order valence-electron chi connectivity index (χ3n) is 6.40. The summed E-state index contributed by atoms with van der Waals surface area (Å²) in [6.07, 6.45) is 6.75. The Kier molecular flexibility index (Phi) is 7.11. The smallest absolute Gasteiger partial charge is 0.295 e. The van der Waals surface area contributed by atoms with E-state index in [0.29, 0.717) is 67.7 Å². The van der Waals surface area contributed by atoms with E-state index in [0.717, 1.165) is 6.42 Å². The van der Waals surface area contributed by atoms with Crippen LogP contribution < -0.4 is 14.2 Å². The van der Waals surface area contributed by atoms with Crippen LogP contribution in [0.3, 0.4) is 0 Å². The Morgan fingerprint density at radius 2 is 1.86 bits per heavy atom. The van der Waals surface area contributed by atoms with Gasteiger partial charge in [0, 0.05) is 31.0 Å². The molecule has 5 rings (SSSR count). The number of carbonyl (C=O) groups is 2. The molecule has 9 nitrogen and oxygen atoms in total. The van der Waals surface area contributed by atoms with Crippen molar-refractivity contribution >= 4 is 17.4 Å². The highest BCUT2D eigenvalue weighted by Crippen LogP contribution is 2.41. The molecule has 1 saturated heterocycles. The topological polar surface area (TPSA) is 103 Å². The van der Waals surface area contributed by atoms with Crippen LogP contribution in [0.1, 0.15) is 36.9 Å². The zero-order valence-electron chi connectivity index (χ0n) is 20.6. The van der Waals surface area contributed by atoms with E-state index in [1.807, 2.05) is 42.0 Å². The van der Waals surface area contributed by atoms with Gasteiger partial charge in [0.05, 0.1) is 24.5 Å². The second kappa shape index (κ2) is 10.8. The van der Waals surface area contributed by atoms with Crippen LogP contribution in [-0.4, -0.2) is 57.6 Å². The van der Waals surface area contributed by atoms with E-state index in [9.17, 15) is 14.7 Å². The first kappa shape index (κ1) is 24.4. The Bertz CT molecular complexity index is 1300. The van der Waals surface area contributed by atoms with Crippen LogP contribution in [0.4, 0.5) is 0 Å². The van der Waals surface area contributed by atoms with E-state index in [2.05, 4.69) is 4.98 Å². The lowest BCUT2D eigenvalue weighted by atomic mass is 9.95. The van der Waals surface area contributed by atoms with Crippen LogP contribution >= 0.6 is 0 Å². The van der Waals surface area contributed by atoms with Crippen LogP contribution in [0, 0.1) is 0 Å². The molecule has 1 aromatic heterocycles. The molecule has 3 aromatic rings. The van der Waals surface area contributed by atoms with Gasteiger partial charge in [0.2, 0.25) is 0 Å². The summed E-state index contributed by atoms with van der Waals surface area (Å²) in [4.78, 5) is 32.1. The predicted octanol–water partition coefficient (Wildman–Crippen LogP) is 3.96. The number of ether oxygens (including phenoxy) is 3. The van der Waals surface area contributed by atoms with Gasteiger partial charge in [-0.2, -0.15) is 0 Å². The van der Waals surface area contributed by atoms with Gasteiger partial charge in [-0.1, -0.05) is 19.1 Å². The molecule has 0 bridgehead atoms. The quantitative estimate of drug-likeness (QED) is 0.268. The van der Waals surface area contributed by atoms with Crippen molar-refractivity contribution in [3.8, 4) is 17.2 Å². The first-order chi connectivity index (χ1) is 18.1. The number of carbonyl (C=O) groups excluding carboxylic acids is 2. The number of nitrogens with zero attached hydrogens (tertiary/aromatic N) is 3. The molecular formula is C28H29N3O6. The van der Waals surface area contributed by atoms with Crippen molar-refractivity contribution in [3.05, 3.63) is 77.9 Å². The molecule has 1 N–H and O–H groups in total. The Hall–Kier alpha value is -4.27. The number of amides is 1. The predicted molar refractivity (Wildman–Crippen MR) is 136 cm³/mol. The first-order valence-electron chi connectivity index (χ1n) is 12.4. The van der Waals surface area contributed by atoms with Gasteiger partial charge in [0.15, 0.2) is 11.5 Å². The molecule has 2 aromatic carbocycles. The van der Waals surface area contributed by atoms with Crippen LogP contribution in [0.25, 0.3) is 5.76 Å². The maximum Gasteiger partial charge on any atom is 0.295 e. The number of rotatable bonds is 9. The molecule has 0 spiro atoms. The van der Waals surface area contributed by atoms with E-state index in [1.165, 1.54) is 4.90 Å². The minimum Gasteiger partial charge on any atom is -0.507 e. The van der Waals surface area contributed by atoms with Gasteiger partial charge in [-0.25, -0.2) is 4.98 Å². The molecule has 1 amide bonds. The minimum atomic E-state index is -0.740. The standard InChI is InChI=1S/C28H29N3O6/c1-2-14-35-21-7-4-19(5-8-21)25-24(26(32)20-6-9-22-23(17-20)37-16-15-36-22)27(33)28(34)31(25)12-3-11-30-13-10-29-18-30/h4-10,13,17-18,25,32H,2-3,11-12,14-16H2,1H3/b26-24+/t25-/m0/s1. The molecule has 9 heteroatoms. The summed E-state index contributed by atoms with van der Waals surface area (Å²) in [7, 11) is 0. The van der Waals surface area contributed by atoms with Crippen LogP contribution in [0.5, 0.6) is 17.2 Å². The van der Waals surface area contributed by atoms with E-state index in [4.69, 9.17) is 14.2 Å². The minimum absolute atomic E-state index is 0.0477. The van der Waals surface area contributed by atoms with Gasteiger partial charge < -0.3 is 28.8 Å². The Morgan fingerprint density at radius 3 is 2.59 bits per heavy atom. The van der Waals surface area contributed by atoms with Gasteiger partial charge in [-0.05, 0) is 48.7 Å². The van der Waals surface area contributed by atoms with Gasteiger partial charge >= 0.3 is 0 Å². The lowest BCUT2D eigenvalue weighted by Gasteiger charge is -2.26. The fraction of sp³-hybridized carbons (Fsp3) is 0.321. The molecule has 2 aliphatic heterocycles. The van der Waals surface area contributed by atoms with E-state index in [-0.39, 0.29) is 11.3 Å². The average Bonchev–Trinajstić information content (AvgIpc) is 3.54. The second-order valence-corrected chi connectivity index (χ2v) is 8.92. The summed E-state index contributed by atoms with van der Waals surface area (Å²) in [5, 5.41) is 11.4. The summed E-state index contributed by atoms with van der Waals surface area (Å²) in [5.41, 5.74) is 1.14. The summed E-state index contributed by atoms with van der Waals surface area (Å²) >= 11 is 0. The van der Waals surface area contributed by atoms with E-state index >= 15 is 0 Å². The third-order valence-corrected chi connectivity index (χ3v) is 6.40. The molecule has 0 aliphatic carbocycles. The van der Waals surface area contributed by atoms with Crippen molar-refractivity contribution in [3.63, 3.8) is 0 Å². The van der Waals surface area contributed by atoms with E-state index < -0.39 is 17.7 Å². The number of benzene rings is 2. The van der Waals surface area contributed by atoms with Crippen molar-refractivity contribution in [1.82, 2.24) is 14.5 Å². The normalized spacial score (nSPS) is 18.3. The van der Waals surface area contributed by atoms with Gasteiger partial charge in [-0.3, -0.25) is 9.59 Å². The molecule has 37 heavy (non-hydrogen) atoms. The monoisotopic (exact) mass is 503 g/mol. The SMILES string of the molecule is CCCOc1ccc([C@H]2/C(=C(\O)c3ccc4c(c3)OCCO4)C(=O)C(=O)N2CCCn2ccnc2)cc1. The van der Waals surface area contributed by atoms with Crippen LogP contribution in [-0.2, 0) is 16.1 Å². The molecule has 0 saturated carbocycles. The molecule has 1 fully saturated rings. The molecular weight excluding hydrogens is 474 g/mol. The molecule has 2 aliphatic rings. The number of likely N-dealkylation sites (tertiary alicyclic amines) is 1. The summed E-state index contributed by atoms with van der Waals surface area (Å²) in [6.45, 7) is 4.44. The fourth-order valence-corrected chi connectivity index (χ4v) is 4.61. The summed E-state index contributed by atoms with van der Waals surface area (Å²) in [5.74, 6) is 0.159. The Labute approximate surface area is 214 Å². The van der Waals surface area contributed by atoms with Crippen molar-refractivity contribution in [1.29, 1.82) is 0 Å². The van der Waals surface area contributed by atoms with Crippen LogP contribution in [0.2, 0.25) is 0 Å². The highest BCUT2D eigenvalue weighted by molar-refractivity contribution is 6.46. The number of ketones is 1. The Morgan fingerprint density at radius 1 is 1.08 bits per heavy atom. The average molecular weight is 504 g/mol. The highest BCUT2D eigenvalue weighted by atomic mass is 16.6. The number of imidazole rings is 1. The number of aliphatic hydroxyl groups is 1. The molecule has 0 radical (unpaired) electrons. The lowest BCUT2D eigenvalue weighted by Crippen LogP contribution is -2.31. The fourth-order valence-electron chi connectivity index (χ4n) is 4.61. The van der Waals surface area contributed by atoms with Crippen molar-refractivity contribution in [2.45, 2.75) is 32.4 Å². The first-order valence-corrected chi connectivity index (χ1v) is 12.4.